The van der Waals surface area contributed by atoms with Crippen LogP contribution in [0.4, 0.5) is 5.69 Å². The molecule has 0 aliphatic rings. The van der Waals surface area contributed by atoms with Crippen LogP contribution in [0.15, 0.2) is 6.20 Å². The van der Waals surface area contributed by atoms with Crippen molar-refractivity contribution in [2.45, 2.75) is 6.67 Å². The summed E-state index contributed by atoms with van der Waals surface area (Å²) in [4.78, 5) is 0. The molecule has 0 unspecified atom stereocenters. The Balaban J connectivity index is 2.66. The van der Waals surface area contributed by atoms with E-state index < -0.39 is 0 Å². The third kappa shape index (κ3) is 2.34. The van der Waals surface area contributed by atoms with E-state index >= 15 is 0 Å². The van der Waals surface area contributed by atoms with Crippen molar-refractivity contribution in [3.63, 3.8) is 0 Å². The lowest BCUT2D eigenvalue weighted by molar-refractivity contribution is -0.175. The molecule has 14 heavy (non-hydrogen) atoms. The van der Waals surface area contributed by atoms with Crippen LogP contribution >= 0.6 is 0 Å². The number of nitrogen functional groups attached to an aromatic ring is 1. The van der Waals surface area contributed by atoms with Crippen LogP contribution in [0, 0.1) is 0 Å². The SMILES string of the molecule is COCN(O)Cn1ncc(N)c1OC. The first-order valence-electron chi connectivity index (χ1n) is 3.97. The zero-order chi connectivity index (χ0) is 10.6. The predicted molar refractivity (Wildman–Crippen MR) is 48.7 cm³/mol. The largest absolute Gasteiger partial charge is 0.480 e. The van der Waals surface area contributed by atoms with E-state index in [-0.39, 0.29) is 13.4 Å². The van der Waals surface area contributed by atoms with Crippen molar-refractivity contribution in [1.29, 1.82) is 0 Å². The van der Waals surface area contributed by atoms with E-state index in [1.54, 1.807) is 0 Å². The molecule has 0 fully saturated rings. The van der Waals surface area contributed by atoms with Crippen LogP contribution in [0.3, 0.4) is 0 Å². The number of rotatable bonds is 5. The minimum absolute atomic E-state index is 0.0862. The van der Waals surface area contributed by atoms with Gasteiger partial charge >= 0.3 is 0 Å². The summed E-state index contributed by atoms with van der Waals surface area (Å²) in [6.07, 6.45) is 1.46. The molecular formula is C7H14N4O3. The molecule has 7 nitrogen and oxygen atoms in total. The molecule has 1 aromatic rings. The summed E-state index contributed by atoms with van der Waals surface area (Å²) in [5.74, 6) is 0.417. The number of hydrogen-bond donors (Lipinski definition) is 2. The fourth-order valence-corrected chi connectivity index (χ4v) is 1.06. The van der Waals surface area contributed by atoms with E-state index in [4.69, 9.17) is 15.2 Å². The van der Waals surface area contributed by atoms with E-state index in [1.807, 2.05) is 0 Å². The first kappa shape index (κ1) is 10.8. The molecule has 1 aromatic heterocycles. The van der Waals surface area contributed by atoms with Crippen molar-refractivity contribution in [2.75, 3.05) is 26.7 Å². The van der Waals surface area contributed by atoms with Gasteiger partial charge in [-0.2, -0.15) is 5.10 Å². The lowest BCUT2D eigenvalue weighted by Crippen LogP contribution is -2.25. The van der Waals surface area contributed by atoms with E-state index in [1.165, 1.54) is 25.1 Å². The molecule has 0 saturated carbocycles. The molecule has 3 N–H and O–H groups in total. The quantitative estimate of drug-likeness (QED) is 0.505. The summed E-state index contributed by atoms with van der Waals surface area (Å²) in [5.41, 5.74) is 5.99. The standard InChI is InChI=1S/C7H14N4O3/c1-13-5-10(12)4-11-7(14-2)6(8)3-9-11/h3,12H,4-5,8H2,1-2H3. The topological polar surface area (TPSA) is 85.8 Å². The maximum absolute atomic E-state index is 9.28. The van der Waals surface area contributed by atoms with Crippen LogP contribution < -0.4 is 10.5 Å². The highest BCUT2D eigenvalue weighted by Gasteiger charge is 2.10. The molecule has 0 saturated heterocycles. The van der Waals surface area contributed by atoms with E-state index in [0.29, 0.717) is 11.6 Å². The number of ether oxygens (including phenoxy) is 2. The van der Waals surface area contributed by atoms with Gasteiger partial charge in [0.15, 0.2) is 0 Å². The van der Waals surface area contributed by atoms with Gasteiger partial charge in [0, 0.05) is 7.11 Å². The summed E-state index contributed by atoms with van der Waals surface area (Å²) in [5, 5.41) is 14.1. The second-order valence-electron chi connectivity index (χ2n) is 2.67. The highest BCUT2D eigenvalue weighted by molar-refractivity contribution is 5.46. The van der Waals surface area contributed by atoms with Crippen molar-refractivity contribution in [2.24, 2.45) is 0 Å². The number of anilines is 1. The third-order valence-corrected chi connectivity index (χ3v) is 1.59. The normalized spacial score (nSPS) is 10.9. The highest BCUT2D eigenvalue weighted by Crippen LogP contribution is 2.19. The first-order chi connectivity index (χ1) is 6.69. The Kier molecular flexibility index (Phi) is 3.69. The number of nitrogens with two attached hydrogens (primary N) is 1. The zero-order valence-electron chi connectivity index (χ0n) is 8.17. The molecular weight excluding hydrogens is 188 g/mol. The molecule has 0 bridgehead atoms. The molecule has 0 amide bonds. The zero-order valence-corrected chi connectivity index (χ0v) is 8.17. The van der Waals surface area contributed by atoms with Gasteiger partial charge < -0.3 is 20.4 Å². The number of nitrogens with zero attached hydrogens (tertiary/aromatic N) is 3. The number of hydrogen-bond acceptors (Lipinski definition) is 6. The van der Waals surface area contributed by atoms with Crippen LogP contribution in [0.5, 0.6) is 5.88 Å². The molecule has 0 radical (unpaired) electrons. The average Bonchev–Trinajstić information content (AvgIpc) is 2.47. The second-order valence-corrected chi connectivity index (χ2v) is 2.67. The lowest BCUT2D eigenvalue weighted by atomic mass is 10.6. The summed E-state index contributed by atoms with van der Waals surface area (Å²) < 4.78 is 11.1. The molecule has 80 valence electrons. The van der Waals surface area contributed by atoms with Crippen molar-refractivity contribution >= 4 is 5.69 Å². The minimum Gasteiger partial charge on any atom is -0.480 e. The summed E-state index contributed by atoms with van der Waals surface area (Å²) in [6, 6.07) is 0. The third-order valence-electron chi connectivity index (χ3n) is 1.59. The maximum atomic E-state index is 9.28. The molecule has 1 rings (SSSR count). The smallest absolute Gasteiger partial charge is 0.236 e. The number of hydroxylamine groups is 2. The molecule has 1 heterocycles. The Hall–Kier alpha value is -1.31. The monoisotopic (exact) mass is 202 g/mol. The highest BCUT2D eigenvalue weighted by atomic mass is 16.6. The van der Waals surface area contributed by atoms with Crippen LogP contribution in [0.1, 0.15) is 0 Å². The summed E-state index contributed by atoms with van der Waals surface area (Å²) in [6.45, 7) is 0.219. The van der Waals surface area contributed by atoms with Crippen LogP contribution in [-0.2, 0) is 11.4 Å². The second kappa shape index (κ2) is 4.80. The Morgan fingerprint density at radius 2 is 2.36 bits per heavy atom. The first-order valence-corrected chi connectivity index (χ1v) is 3.97. The fourth-order valence-electron chi connectivity index (χ4n) is 1.06. The van der Waals surface area contributed by atoms with E-state index in [9.17, 15) is 5.21 Å². The average molecular weight is 202 g/mol. The fraction of sp³-hybridized carbons (Fsp3) is 0.571. The molecule has 0 aromatic carbocycles. The summed E-state index contributed by atoms with van der Waals surface area (Å²) >= 11 is 0. The van der Waals surface area contributed by atoms with Crippen molar-refractivity contribution in [1.82, 2.24) is 14.8 Å². The lowest BCUT2D eigenvalue weighted by Gasteiger charge is -2.14. The van der Waals surface area contributed by atoms with Gasteiger partial charge in [-0.1, -0.05) is 0 Å². The van der Waals surface area contributed by atoms with Gasteiger partial charge in [0.2, 0.25) is 5.88 Å². The van der Waals surface area contributed by atoms with Crippen LogP contribution in [-0.4, -0.2) is 41.0 Å². The van der Waals surface area contributed by atoms with Gasteiger partial charge in [-0.25, -0.2) is 4.68 Å². The van der Waals surface area contributed by atoms with Crippen molar-refractivity contribution in [3.05, 3.63) is 6.20 Å². The van der Waals surface area contributed by atoms with Gasteiger partial charge in [-0.15, -0.1) is 5.06 Å². The molecule has 0 aliphatic carbocycles. The summed E-state index contributed by atoms with van der Waals surface area (Å²) in [7, 11) is 2.97. The van der Waals surface area contributed by atoms with E-state index in [0.717, 1.165) is 5.06 Å². The van der Waals surface area contributed by atoms with Gasteiger partial charge in [0.25, 0.3) is 0 Å². The van der Waals surface area contributed by atoms with E-state index in [2.05, 4.69) is 5.10 Å². The number of aromatic nitrogens is 2. The minimum atomic E-state index is 0.0862. The van der Waals surface area contributed by atoms with Gasteiger partial charge in [-0.3, -0.25) is 0 Å². The maximum Gasteiger partial charge on any atom is 0.236 e. The van der Waals surface area contributed by atoms with Crippen molar-refractivity contribution in [3.8, 4) is 5.88 Å². The van der Waals surface area contributed by atoms with Gasteiger partial charge in [0.1, 0.15) is 19.1 Å². The molecule has 0 atom stereocenters. The molecule has 0 spiro atoms. The number of methoxy groups -OCH3 is 2. The van der Waals surface area contributed by atoms with Crippen LogP contribution in [0.2, 0.25) is 0 Å². The Labute approximate surface area is 81.6 Å². The Morgan fingerprint density at radius 3 is 2.93 bits per heavy atom. The predicted octanol–water partition coefficient (Wildman–Crippen LogP) is -0.273. The van der Waals surface area contributed by atoms with Crippen LogP contribution in [0.25, 0.3) is 0 Å². The van der Waals surface area contributed by atoms with Gasteiger partial charge in [-0.05, 0) is 0 Å². The Bertz CT molecular complexity index is 288. The van der Waals surface area contributed by atoms with Gasteiger partial charge in [0.05, 0.1) is 13.3 Å². The molecule has 7 heteroatoms. The molecule has 0 aliphatic heterocycles. The Morgan fingerprint density at radius 1 is 1.64 bits per heavy atom. The van der Waals surface area contributed by atoms with Crippen molar-refractivity contribution < 1.29 is 14.7 Å².